The van der Waals surface area contributed by atoms with E-state index in [0.29, 0.717) is 6.42 Å². The molecule has 0 aromatic heterocycles. The van der Waals surface area contributed by atoms with Crippen molar-refractivity contribution in [3.63, 3.8) is 0 Å². The quantitative estimate of drug-likeness (QED) is 0.808. The number of thioether (sulfide) groups is 1. The summed E-state index contributed by atoms with van der Waals surface area (Å²) in [5, 5.41) is 12.2. The van der Waals surface area contributed by atoms with Crippen LogP contribution in [0.25, 0.3) is 0 Å². The number of nitrogens with one attached hydrogen (secondary N) is 1. The number of carboxylic acids is 1. The predicted octanol–water partition coefficient (Wildman–Crippen LogP) is 1.78. The standard InChI is InChI=1S/C13H22N2O3S/c1-3-19-7-8(2)14-13(18)15-9-4-5-11(15)10(6-9)12(16)17/h8-11H,3-7H2,1-2H3,(H,14,18)(H,16,17). The van der Waals surface area contributed by atoms with E-state index in [1.54, 1.807) is 16.7 Å². The summed E-state index contributed by atoms with van der Waals surface area (Å²) in [5.41, 5.74) is 0. The minimum Gasteiger partial charge on any atom is -0.481 e. The third kappa shape index (κ3) is 2.99. The van der Waals surface area contributed by atoms with E-state index in [9.17, 15) is 14.7 Å². The summed E-state index contributed by atoms with van der Waals surface area (Å²) in [6.07, 6.45) is 2.39. The summed E-state index contributed by atoms with van der Waals surface area (Å²) in [6, 6.07) is 0.0619. The number of amides is 2. The third-order valence-electron chi connectivity index (χ3n) is 4.03. The van der Waals surface area contributed by atoms with Gasteiger partial charge in [-0.25, -0.2) is 4.79 Å². The average molecular weight is 286 g/mol. The number of aliphatic carboxylic acids is 1. The molecule has 19 heavy (non-hydrogen) atoms. The predicted molar refractivity (Wildman–Crippen MR) is 75.4 cm³/mol. The zero-order valence-corrected chi connectivity index (χ0v) is 12.3. The first kappa shape index (κ1) is 14.5. The van der Waals surface area contributed by atoms with E-state index in [2.05, 4.69) is 12.2 Å². The van der Waals surface area contributed by atoms with E-state index in [0.717, 1.165) is 24.3 Å². The Balaban J connectivity index is 1.91. The molecule has 4 unspecified atom stereocenters. The molecule has 0 radical (unpaired) electrons. The molecule has 0 aliphatic carbocycles. The monoisotopic (exact) mass is 286 g/mol. The smallest absolute Gasteiger partial charge is 0.318 e. The van der Waals surface area contributed by atoms with Gasteiger partial charge in [0, 0.05) is 23.9 Å². The molecule has 108 valence electrons. The Bertz CT molecular complexity index is 364. The number of carbonyl (C=O) groups is 2. The lowest BCUT2D eigenvalue weighted by atomic mass is 9.89. The average Bonchev–Trinajstić information content (AvgIpc) is 2.93. The Hall–Kier alpha value is -0.910. The van der Waals surface area contributed by atoms with Crippen LogP contribution in [0.5, 0.6) is 0 Å². The van der Waals surface area contributed by atoms with Gasteiger partial charge < -0.3 is 15.3 Å². The molecule has 2 aliphatic heterocycles. The molecule has 0 aromatic carbocycles. The Kier molecular flexibility index (Phi) is 4.60. The van der Waals surface area contributed by atoms with Crippen LogP contribution in [0.2, 0.25) is 0 Å². The topological polar surface area (TPSA) is 69.6 Å². The highest BCUT2D eigenvalue weighted by Gasteiger charge is 2.51. The normalized spacial score (nSPS) is 30.4. The number of hydrogen-bond donors (Lipinski definition) is 2. The summed E-state index contributed by atoms with van der Waals surface area (Å²) in [4.78, 5) is 25.2. The van der Waals surface area contributed by atoms with Gasteiger partial charge in [-0.1, -0.05) is 6.92 Å². The maximum absolute atomic E-state index is 12.3. The van der Waals surface area contributed by atoms with Crippen molar-refractivity contribution in [2.24, 2.45) is 5.92 Å². The third-order valence-corrected chi connectivity index (χ3v) is 5.17. The summed E-state index contributed by atoms with van der Waals surface area (Å²) < 4.78 is 0. The van der Waals surface area contributed by atoms with E-state index >= 15 is 0 Å². The lowest BCUT2D eigenvalue weighted by Gasteiger charge is -2.25. The molecule has 2 bridgehead atoms. The summed E-state index contributed by atoms with van der Waals surface area (Å²) >= 11 is 1.80. The van der Waals surface area contributed by atoms with Crippen LogP contribution in [0.15, 0.2) is 0 Å². The van der Waals surface area contributed by atoms with Gasteiger partial charge in [0.1, 0.15) is 0 Å². The van der Waals surface area contributed by atoms with Crippen molar-refractivity contribution < 1.29 is 14.7 Å². The number of hydrogen-bond acceptors (Lipinski definition) is 3. The number of urea groups is 1. The van der Waals surface area contributed by atoms with Crippen LogP contribution in [0.3, 0.4) is 0 Å². The van der Waals surface area contributed by atoms with Gasteiger partial charge in [0.2, 0.25) is 0 Å². The fourth-order valence-electron chi connectivity index (χ4n) is 3.19. The Morgan fingerprint density at radius 3 is 2.79 bits per heavy atom. The highest BCUT2D eigenvalue weighted by Crippen LogP contribution is 2.41. The largest absolute Gasteiger partial charge is 0.481 e. The molecular formula is C13H22N2O3S. The number of carboxylic acid groups (broad SMARTS) is 1. The molecule has 2 amide bonds. The van der Waals surface area contributed by atoms with E-state index in [1.165, 1.54) is 0 Å². The molecule has 2 fully saturated rings. The second-order valence-corrected chi connectivity index (χ2v) is 6.72. The van der Waals surface area contributed by atoms with Crippen molar-refractivity contribution in [2.75, 3.05) is 11.5 Å². The SMILES string of the molecule is CCSCC(C)NC(=O)N1C2CCC1C(C(=O)O)C2. The van der Waals surface area contributed by atoms with Crippen molar-refractivity contribution in [3.8, 4) is 0 Å². The summed E-state index contributed by atoms with van der Waals surface area (Å²) in [6.45, 7) is 4.09. The molecule has 0 saturated carbocycles. The fraction of sp³-hybridized carbons (Fsp3) is 0.846. The van der Waals surface area contributed by atoms with Gasteiger partial charge in [0.25, 0.3) is 0 Å². The molecule has 6 heteroatoms. The summed E-state index contributed by atoms with van der Waals surface area (Å²) in [5.74, 6) is 0.800. The van der Waals surface area contributed by atoms with Crippen LogP contribution in [-0.4, -0.2) is 51.6 Å². The van der Waals surface area contributed by atoms with Crippen LogP contribution >= 0.6 is 11.8 Å². The Morgan fingerprint density at radius 2 is 2.21 bits per heavy atom. The van der Waals surface area contributed by atoms with Gasteiger partial charge in [-0.05, 0) is 31.9 Å². The minimum absolute atomic E-state index is 0.0829. The van der Waals surface area contributed by atoms with Crippen molar-refractivity contribution in [1.82, 2.24) is 10.2 Å². The lowest BCUT2D eigenvalue weighted by molar-refractivity contribution is -0.142. The van der Waals surface area contributed by atoms with Crippen molar-refractivity contribution >= 4 is 23.8 Å². The van der Waals surface area contributed by atoms with Crippen LogP contribution in [-0.2, 0) is 4.79 Å². The van der Waals surface area contributed by atoms with Crippen LogP contribution in [0.1, 0.15) is 33.1 Å². The zero-order valence-electron chi connectivity index (χ0n) is 11.5. The van der Waals surface area contributed by atoms with E-state index in [-0.39, 0.29) is 30.1 Å². The number of fused-ring (bicyclic) bond motifs is 2. The Morgan fingerprint density at radius 1 is 1.47 bits per heavy atom. The van der Waals surface area contributed by atoms with E-state index in [1.807, 2.05) is 6.92 Å². The summed E-state index contributed by atoms with van der Waals surface area (Å²) in [7, 11) is 0. The maximum Gasteiger partial charge on any atom is 0.318 e. The van der Waals surface area contributed by atoms with Crippen molar-refractivity contribution in [1.29, 1.82) is 0 Å². The number of nitrogens with zero attached hydrogens (tertiary/aromatic N) is 1. The van der Waals surface area contributed by atoms with Gasteiger partial charge in [0.05, 0.1) is 5.92 Å². The molecule has 4 atom stereocenters. The fourth-order valence-corrected chi connectivity index (χ4v) is 3.86. The molecule has 2 rings (SSSR count). The van der Waals surface area contributed by atoms with Crippen LogP contribution < -0.4 is 5.32 Å². The lowest BCUT2D eigenvalue weighted by Crippen LogP contribution is -2.47. The molecule has 5 nitrogen and oxygen atoms in total. The second-order valence-electron chi connectivity index (χ2n) is 5.40. The first-order chi connectivity index (χ1) is 9.04. The van der Waals surface area contributed by atoms with Crippen LogP contribution in [0.4, 0.5) is 4.79 Å². The van der Waals surface area contributed by atoms with Crippen LogP contribution in [0, 0.1) is 5.92 Å². The maximum atomic E-state index is 12.3. The Labute approximate surface area is 118 Å². The van der Waals surface area contributed by atoms with Crippen molar-refractivity contribution in [2.45, 2.75) is 51.2 Å². The molecule has 0 spiro atoms. The number of rotatable bonds is 5. The first-order valence-corrected chi connectivity index (χ1v) is 8.09. The van der Waals surface area contributed by atoms with Gasteiger partial charge in [-0.15, -0.1) is 0 Å². The molecular weight excluding hydrogens is 264 g/mol. The van der Waals surface area contributed by atoms with Crippen molar-refractivity contribution in [3.05, 3.63) is 0 Å². The second kappa shape index (κ2) is 6.03. The molecule has 2 heterocycles. The minimum atomic E-state index is -0.764. The highest BCUT2D eigenvalue weighted by atomic mass is 32.2. The zero-order chi connectivity index (χ0) is 14.0. The molecule has 2 aliphatic rings. The highest BCUT2D eigenvalue weighted by molar-refractivity contribution is 7.99. The van der Waals surface area contributed by atoms with Gasteiger partial charge in [0.15, 0.2) is 0 Å². The number of carbonyl (C=O) groups excluding carboxylic acids is 1. The van der Waals surface area contributed by atoms with Gasteiger partial charge in [-0.2, -0.15) is 11.8 Å². The van der Waals surface area contributed by atoms with Gasteiger partial charge >= 0.3 is 12.0 Å². The molecule has 0 aromatic rings. The van der Waals surface area contributed by atoms with Gasteiger partial charge in [-0.3, -0.25) is 4.79 Å². The molecule has 2 saturated heterocycles. The van der Waals surface area contributed by atoms with E-state index < -0.39 is 5.97 Å². The first-order valence-electron chi connectivity index (χ1n) is 6.94. The van der Waals surface area contributed by atoms with E-state index in [4.69, 9.17) is 0 Å². The molecule has 2 N–H and O–H groups in total.